The predicted octanol–water partition coefficient (Wildman–Crippen LogP) is -0.562. The standard InChI is InChI=1S/C7H17N3O2S/c8-7(10-12)6-9-2-5-13-4-1-3-11/h9,11-12H,1-6H2,(H2,8,10). The van der Waals surface area contributed by atoms with Crippen molar-refractivity contribution in [1.82, 2.24) is 5.32 Å². The van der Waals surface area contributed by atoms with E-state index in [1.54, 1.807) is 11.8 Å². The largest absolute Gasteiger partial charge is 0.409 e. The molecular formula is C7H17N3O2S. The molecule has 0 aliphatic heterocycles. The van der Waals surface area contributed by atoms with E-state index in [9.17, 15) is 0 Å². The lowest BCUT2D eigenvalue weighted by molar-refractivity contribution is 0.296. The molecule has 0 aromatic carbocycles. The van der Waals surface area contributed by atoms with Gasteiger partial charge in [0.25, 0.3) is 0 Å². The first-order valence-corrected chi connectivity index (χ1v) is 5.32. The Bertz CT molecular complexity index is 144. The number of hydrogen-bond acceptors (Lipinski definition) is 5. The fraction of sp³-hybridized carbons (Fsp3) is 0.857. The number of aliphatic hydroxyl groups excluding tert-OH is 1. The maximum Gasteiger partial charge on any atom is 0.153 e. The van der Waals surface area contributed by atoms with Crippen molar-refractivity contribution in [2.45, 2.75) is 6.42 Å². The summed E-state index contributed by atoms with van der Waals surface area (Å²) in [5.74, 6) is 2.14. The zero-order chi connectivity index (χ0) is 9.94. The highest BCUT2D eigenvalue weighted by Gasteiger charge is 1.92. The van der Waals surface area contributed by atoms with Crippen molar-refractivity contribution in [3.63, 3.8) is 0 Å². The normalized spacial score (nSPS) is 11.9. The van der Waals surface area contributed by atoms with E-state index in [2.05, 4.69) is 10.5 Å². The van der Waals surface area contributed by atoms with Crippen molar-refractivity contribution in [2.75, 3.05) is 31.2 Å². The van der Waals surface area contributed by atoms with E-state index in [4.69, 9.17) is 16.0 Å². The smallest absolute Gasteiger partial charge is 0.153 e. The molecule has 0 saturated heterocycles. The van der Waals surface area contributed by atoms with Crippen molar-refractivity contribution in [1.29, 1.82) is 0 Å². The molecule has 0 aromatic heterocycles. The number of aliphatic hydroxyl groups is 1. The summed E-state index contributed by atoms with van der Waals surface area (Å²) < 4.78 is 0. The molecule has 0 spiro atoms. The Morgan fingerprint density at radius 3 is 2.85 bits per heavy atom. The Labute approximate surface area is 82.4 Å². The highest BCUT2D eigenvalue weighted by molar-refractivity contribution is 7.99. The van der Waals surface area contributed by atoms with Gasteiger partial charge in [0.15, 0.2) is 5.84 Å². The van der Waals surface area contributed by atoms with Crippen molar-refractivity contribution >= 4 is 17.6 Å². The number of nitrogens with two attached hydrogens (primary N) is 1. The van der Waals surface area contributed by atoms with Crippen molar-refractivity contribution in [2.24, 2.45) is 10.9 Å². The molecule has 0 atom stereocenters. The minimum Gasteiger partial charge on any atom is -0.409 e. The van der Waals surface area contributed by atoms with Crippen LogP contribution in [-0.2, 0) is 0 Å². The highest BCUT2D eigenvalue weighted by Crippen LogP contribution is 1.99. The lowest BCUT2D eigenvalue weighted by atomic mass is 10.5. The number of rotatable bonds is 8. The molecule has 13 heavy (non-hydrogen) atoms. The summed E-state index contributed by atoms with van der Waals surface area (Å²) in [6.45, 7) is 1.49. The maximum absolute atomic E-state index is 8.48. The quantitative estimate of drug-likeness (QED) is 0.141. The third-order valence-electron chi connectivity index (χ3n) is 1.30. The SMILES string of the molecule is NC(CNCCSCCCO)=NO. The highest BCUT2D eigenvalue weighted by atomic mass is 32.2. The van der Waals surface area contributed by atoms with Crippen LogP contribution in [0.3, 0.4) is 0 Å². The van der Waals surface area contributed by atoms with Gasteiger partial charge in [0.1, 0.15) is 0 Å². The molecule has 0 aliphatic carbocycles. The van der Waals surface area contributed by atoms with E-state index in [1.165, 1.54) is 0 Å². The van der Waals surface area contributed by atoms with Crippen LogP contribution in [0.2, 0.25) is 0 Å². The first kappa shape index (κ1) is 12.5. The van der Waals surface area contributed by atoms with E-state index < -0.39 is 0 Å². The van der Waals surface area contributed by atoms with Gasteiger partial charge in [0.05, 0.1) is 6.54 Å². The fourth-order valence-corrected chi connectivity index (χ4v) is 1.49. The van der Waals surface area contributed by atoms with Crippen LogP contribution in [-0.4, -0.2) is 47.4 Å². The summed E-state index contributed by atoms with van der Waals surface area (Å²) in [4.78, 5) is 0. The maximum atomic E-state index is 8.48. The van der Waals surface area contributed by atoms with E-state index in [0.717, 1.165) is 24.5 Å². The summed E-state index contributed by atoms with van der Waals surface area (Å²) in [6.07, 6.45) is 0.838. The Kier molecular flexibility index (Phi) is 9.29. The second kappa shape index (κ2) is 9.63. The van der Waals surface area contributed by atoms with Crippen LogP contribution in [0, 0.1) is 0 Å². The molecule has 0 radical (unpaired) electrons. The van der Waals surface area contributed by atoms with Crippen molar-refractivity contribution in [3.05, 3.63) is 0 Å². The monoisotopic (exact) mass is 207 g/mol. The van der Waals surface area contributed by atoms with Gasteiger partial charge in [0.2, 0.25) is 0 Å². The van der Waals surface area contributed by atoms with Gasteiger partial charge >= 0.3 is 0 Å². The molecule has 6 heteroatoms. The van der Waals surface area contributed by atoms with E-state index in [1.807, 2.05) is 0 Å². The van der Waals surface area contributed by atoms with Gasteiger partial charge in [-0.3, -0.25) is 0 Å². The first-order chi connectivity index (χ1) is 6.31. The minimum atomic E-state index is 0.195. The first-order valence-electron chi connectivity index (χ1n) is 4.17. The Balaban J connectivity index is 3.00. The summed E-state index contributed by atoms with van der Waals surface area (Å²) in [6, 6.07) is 0. The zero-order valence-corrected chi connectivity index (χ0v) is 8.39. The molecule has 5 N–H and O–H groups in total. The number of nitrogens with one attached hydrogen (secondary N) is 1. The molecule has 0 aliphatic rings. The van der Waals surface area contributed by atoms with E-state index in [0.29, 0.717) is 6.54 Å². The molecule has 5 nitrogen and oxygen atoms in total. The lowest BCUT2D eigenvalue weighted by Gasteiger charge is -2.02. The molecular weight excluding hydrogens is 190 g/mol. The van der Waals surface area contributed by atoms with Crippen LogP contribution < -0.4 is 11.1 Å². The number of amidine groups is 1. The Hall–Kier alpha value is -0.460. The average molecular weight is 207 g/mol. The van der Waals surface area contributed by atoms with Gasteiger partial charge < -0.3 is 21.4 Å². The molecule has 0 heterocycles. The van der Waals surface area contributed by atoms with Crippen LogP contribution in [0.4, 0.5) is 0 Å². The molecule has 0 fully saturated rings. The molecule has 0 saturated carbocycles. The third-order valence-corrected chi connectivity index (χ3v) is 2.37. The van der Waals surface area contributed by atoms with Gasteiger partial charge in [-0.25, -0.2) is 0 Å². The zero-order valence-electron chi connectivity index (χ0n) is 7.57. The van der Waals surface area contributed by atoms with Crippen LogP contribution >= 0.6 is 11.8 Å². The third kappa shape index (κ3) is 9.45. The summed E-state index contributed by atoms with van der Waals surface area (Å²) in [7, 11) is 0. The molecule has 0 rings (SSSR count). The van der Waals surface area contributed by atoms with Crippen LogP contribution in [0.15, 0.2) is 5.16 Å². The Morgan fingerprint density at radius 2 is 2.23 bits per heavy atom. The Morgan fingerprint density at radius 1 is 1.46 bits per heavy atom. The number of hydrogen-bond donors (Lipinski definition) is 4. The van der Waals surface area contributed by atoms with Crippen LogP contribution in [0.25, 0.3) is 0 Å². The molecule has 0 bridgehead atoms. The molecule has 0 unspecified atom stereocenters. The fourth-order valence-electron chi connectivity index (χ4n) is 0.665. The van der Waals surface area contributed by atoms with Gasteiger partial charge in [-0.15, -0.1) is 0 Å². The summed E-state index contributed by atoms with van der Waals surface area (Å²) >= 11 is 1.77. The molecule has 78 valence electrons. The van der Waals surface area contributed by atoms with Gasteiger partial charge in [-0.1, -0.05) is 5.16 Å². The van der Waals surface area contributed by atoms with Crippen LogP contribution in [0.5, 0.6) is 0 Å². The second-order valence-electron chi connectivity index (χ2n) is 2.46. The summed E-state index contributed by atoms with van der Waals surface area (Å²) in [5, 5.41) is 22.5. The van der Waals surface area contributed by atoms with Crippen molar-refractivity contribution in [3.8, 4) is 0 Å². The van der Waals surface area contributed by atoms with Gasteiger partial charge in [-0.05, 0) is 12.2 Å². The number of oxime groups is 1. The molecule has 0 amide bonds. The lowest BCUT2D eigenvalue weighted by Crippen LogP contribution is -2.30. The number of nitrogens with zero attached hydrogens (tertiary/aromatic N) is 1. The molecule has 0 aromatic rings. The van der Waals surface area contributed by atoms with E-state index in [-0.39, 0.29) is 12.4 Å². The summed E-state index contributed by atoms with van der Waals surface area (Å²) in [5.41, 5.74) is 5.23. The topological polar surface area (TPSA) is 90.9 Å². The van der Waals surface area contributed by atoms with Crippen LogP contribution in [0.1, 0.15) is 6.42 Å². The number of thioether (sulfide) groups is 1. The predicted molar refractivity (Wildman–Crippen MR) is 55.3 cm³/mol. The van der Waals surface area contributed by atoms with Gasteiger partial charge in [0, 0.05) is 18.9 Å². The van der Waals surface area contributed by atoms with Gasteiger partial charge in [-0.2, -0.15) is 11.8 Å². The minimum absolute atomic E-state index is 0.195. The van der Waals surface area contributed by atoms with E-state index >= 15 is 0 Å². The average Bonchev–Trinajstić information content (AvgIpc) is 2.16. The second-order valence-corrected chi connectivity index (χ2v) is 3.68. The van der Waals surface area contributed by atoms with Crippen molar-refractivity contribution < 1.29 is 10.3 Å².